The van der Waals surface area contributed by atoms with Crippen LogP contribution < -0.4 is 16.2 Å². The lowest BCUT2D eigenvalue weighted by atomic mass is 9.98. The number of aliphatic hydroxyl groups excluding tert-OH is 1. The predicted molar refractivity (Wildman–Crippen MR) is 113 cm³/mol. The molecule has 0 aliphatic heterocycles. The number of hydrogen-bond acceptors (Lipinski definition) is 7. The second kappa shape index (κ2) is 9.52. The summed E-state index contributed by atoms with van der Waals surface area (Å²) in [7, 11) is 0. The number of carboxylic acid groups (broad SMARTS) is 1. The van der Waals surface area contributed by atoms with Crippen molar-refractivity contribution in [3.8, 4) is 28.5 Å². The largest absolute Gasteiger partial charge is 0.550 e. The van der Waals surface area contributed by atoms with Crippen LogP contribution in [0.25, 0.3) is 22.4 Å². The Kier molecular flexibility index (Phi) is 6.60. The minimum absolute atomic E-state index is 0.0889. The number of hydrogen-bond donors (Lipinski definition) is 3. The first-order valence-corrected chi connectivity index (χ1v) is 9.44. The molecule has 8 heteroatoms. The molecule has 1 aromatic heterocycles. The van der Waals surface area contributed by atoms with Gasteiger partial charge in [0.15, 0.2) is 0 Å². The minimum atomic E-state index is -1.49. The SMILES string of the molecule is N#Cc1c(-c2cccc(NC(=O)C(O)CCC(=O)[O-])c2)cc(-c2ccccc2)nc1N. The van der Waals surface area contributed by atoms with Crippen LogP contribution in [0.2, 0.25) is 0 Å². The molecule has 1 amide bonds. The number of anilines is 2. The molecule has 3 aromatic rings. The normalized spacial score (nSPS) is 11.4. The summed E-state index contributed by atoms with van der Waals surface area (Å²) < 4.78 is 0. The highest BCUT2D eigenvalue weighted by Crippen LogP contribution is 2.32. The van der Waals surface area contributed by atoms with Crippen molar-refractivity contribution in [3.05, 3.63) is 66.2 Å². The van der Waals surface area contributed by atoms with E-state index in [2.05, 4.69) is 16.4 Å². The minimum Gasteiger partial charge on any atom is -0.550 e. The summed E-state index contributed by atoms with van der Waals surface area (Å²) in [6.07, 6.45) is -2.18. The molecular weight excluding hydrogens is 396 g/mol. The van der Waals surface area contributed by atoms with Gasteiger partial charge in [0.1, 0.15) is 23.6 Å². The van der Waals surface area contributed by atoms with Gasteiger partial charge in [-0.15, -0.1) is 0 Å². The number of nitrogens with zero attached hydrogens (tertiary/aromatic N) is 2. The molecule has 0 aliphatic rings. The van der Waals surface area contributed by atoms with E-state index in [4.69, 9.17) is 5.73 Å². The van der Waals surface area contributed by atoms with Crippen LogP contribution in [0.1, 0.15) is 18.4 Å². The van der Waals surface area contributed by atoms with E-state index >= 15 is 0 Å². The van der Waals surface area contributed by atoms with Crippen LogP contribution in [0.4, 0.5) is 11.5 Å². The van der Waals surface area contributed by atoms with E-state index in [0.29, 0.717) is 22.5 Å². The predicted octanol–water partition coefficient (Wildman–Crippen LogP) is 1.70. The molecule has 1 atom stereocenters. The zero-order valence-electron chi connectivity index (χ0n) is 16.4. The molecule has 1 heterocycles. The fraction of sp³-hybridized carbons (Fsp3) is 0.130. The number of aromatic nitrogens is 1. The molecule has 31 heavy (non-hydrogen) atoms. The van der Waals surface area contributed by atoms with Gasteiger partial charge in [-0.1, -0.05) is 42.5 Å². The molecule has 156 valence electrons. The average Bonchev–Trinajstić information content (AvgIpc) is 2.77. The van der Waals surface area contributed by atoms with Crippen molar-refractivity contribution in [3.63, 3.8) is 0 Å². The second-order valence-electron chi connectivity index (χ2n) is 6.79. The first kappa shape index (κ1) is 21.5. The van der Waals surface area contributed by atoms with Crippen LogP contribution in [0.5, 0.6) is 0 Å². The Morgan fingerprint density at radius 2 is 1.84 bits per heavy atom. The van der Waals surface area contributed by atoms with Gasteiger partial charge >= 0.3 is 0 Å². The summed E-state index contributed by atoms with van der Waals surface area (Å²) in [5, 5.41) is 32.5. The number of rotatable bonds is 7. The number of carbonyl (C=O) groups excluding carboxylic acids is 2. The van der Waals surface area contributed by atoms with Crippen molar-refractivity contribution in [2.45, 2.75) is 18.9 Å². The van der Waals surface area contributed by atoms with E-state index in [1.54, 1.807) is 30.3 Å². The number of pyridine rings is 1. The lowest BCUT2D eigenvalue weighted by molar-refractivity contribution is -0.306. The van der Waals surface area contributed by atoms with Gasteiger partial charge in [-0.05, 0) is 36.6 Å². The highest BCUT2D eigenvalue weighted by atomic mass is 16.4. The maximum Gasteiger partial charge on any atom is 0.253 e. The molecule has 2 aromatic carbocycles. The van der Waals surface area contributed by atoms with Gasteiger partial charge < -0.3 is 26.1 Å². The fourth-order valence-corrected chi connectivity index (χ4v) is 3.04. The molecule has 0 radical (unpaired) electrons. The van der Waals surface area contributed by atoms with E-state index in [1.807, 2.05) is 30.3 Å². The fourth-order valence-electron chi connectivity index (χ4n) is 3.04. The molecule has 0 bridgehead atoms. The van der Waals surface area contributed by atoms with Crippen molar-refractivity contribution < 1.29 is 19.8 Å². The quantitative estimate of drug-likeness (QED) is 0.531. The smallest absolute Gasteiger partial charge is 0.253 e. The first-order valence-electron chi connectivity index (χ1n) is 9.44. The van der Waals surface area contributed by atoms with Gasteiger partial charge in [0, 0.05) is 22.8 Å². The van der Waals surface area contributed by atoms with E-state index in [-0.39, 0.29) is 17.8 Å². The monoisotopic (exact) mass is 415 g/mol. The number of aliphatic carboxylic acids is 1. The zero-order valence-corrected chi connectivity index (χ0v) is 16.4. The number of nitrogens with one attached hydrogen (secondary N) is 1. The number of nitrogen functional groups attached to an aromatic ring is 1. The van der Waals surface area contributed by atoms with Gasteiger partial charge in [0.25, 0.3) is 5.91 Å². The Morgan fingerprint density at radius 1 is 1.13 bits per heavy atom. The number of nitrogens with two attached hydrogens (primary N) is 1. The lowest BCUT2D eigenvalue weighted by Crippen LogP contribution is -2.30. The van der Waals surface area contributed by atoms with Crippen LogP contribution in [-0.4, -0.2) is 28.1 Å². The van der Waals surface area contributed by atoms with E-state index in [9.17, 15) is 25.1 Å². The number of carbonyl (C=O) groups is 2. The molecule has 4 N–H and O–H groups in total. The van der Waals surface area contributed by atoms with Crippen LogP contribution in [0.15, 0.2) is 60.7 Å². The number of benzene rings is 2. The van der Waals surface area contributed by atoms with Gasteiger partial charge in [-0.25, -0.2) is 4.98 Å². The van der Waals surface area contributed by atoms with Crippen LogP contribution >= 0.6 is 0 Å². The Morgan fingerprint density at radius 3 is 2.52 bits per heavy atom. The van der Waals surface area contributed by atoms with Crippen molar-refractivity contribution in [2.24, 2.45) is 0 Å². The summed E-state index contributed by atoms with van der Waals surface area (Å²) >= 11 is 0. The summed E-state index contributed by atoms with van der Waals surface area (Å²) in [6.45, 7) is 0. The summed E-state index contributed by atoms with van der Waals surface area (Å²) in [4.78, 5) is 27.0. The Hall–Kier alpha value is -4.22. The van der Waals surface area contributed by atoms with Crippen LogP contribution in [-0.2, 0) is 9.59 Å². The van der Waals surface area contributed by atoms with Crippen molar-refractivity contribution in [2.75, 3.05) is 11.1 Å². The zero-order chi connectivity index (χ0) is 22.4. The van der Waals surface area contributed by atoms with E-state index in [0.717, 1.165) is 5.56 Å². The molecule has 0 saturated heterocycles. The van der Waals surface area contributed by atoms with Crippen LogP contribution in [0.3, 0.4) is 0 Å². The summed E-state index contributed by atoms with van der Waals surface area (Å²) in [5.74, 6) is -1.99. The number of aliphatic hydroxyl groups is 1. The summed E-state index contributed by atoms with van der Waals surface area (Å²) in [5.41, 5.74) is 9.20. The maximum atomic E-state index is 12.1. The molecule has 0 spiro atoms. The van der Waals surface area contributed by atoms with Gasteiger partial charge in [-0.3, -0.25) is 4.79 Å². The third kappa shape index (κ3) is 5.23. The standard InChI is InChI=1S/C23H20N4O4/c24-13-18-17(12-19(27-22(18)25)14-5-2-1-3-6-14)15-7-4-8-16(11-15)26-23(31)20(28)9-10-21(29)30/h1-8,11-12,20,28H,9-10H2,(H2,25,27)(H,26,31)(H,29,30)/p-1. The highest BCUT2D eigenvalue weighted by Gasteiger charge is 2.17. The second-order valence-corrected chi connectivity index (χ2v) is 6.79. The van der Waals surface area contributed by atoms with Gasteiger partial charge in [0.2, 0.25) is 0 Å². The lowest BCUT2D eigenvalue weighted by Gasteiger charge is -2.14. The number of amides is 1. The van der Waals surface area contributed by atoms with Crippen molar-refractivity contribution in [1.29, 1.82) is 5.26 Å². The Balaban J connectivity index is 1.93. The number of carboxylic acids is 1. The van der Waals surface area contributed by atoms with Crippen LogP contribution in [0, 0.1) is 11.3 Å². The molecule has 0 saturated carbocycles. The van der Waals surface area contributed by atoms with Gasteiger partial charge in [0.05, 0.1) is 5.69 Å². The molecule has 3 rings (SSSR count). The van der Waals surface area contributed by atoms with E-state index in [1.165, 1.54) is 0 Å². The number of nitriles is 1. The first-order chi connectivity index (χ1) is 14.9. The molecule has 8 nitrogen and oxygen atoms in total. The Bertz CT molecular complexity index is 1160. The molecule has 1 unspecified atom stereocenters. The van der Waals surface area contributed by atoms with Crippen molar-refractivity contribution in [1.82, 2.24) is 4.98 Å². The molecular formula is C23H19N4O4-. The molecule has 0 aliphatic carbocycles. The topological polar surface area (TPSA) is 152 Å². The highest BCUT2D eigenvalue weighted by molar-refractivity contribution is 5.95. The third-order valence-corrected chi connectivity index (χ3v) is 4.59. The van der Waals surface area contributed by atoms with Gasteiger partial charge in [-0.2, -0.15) is 5.26 Å². The maximum absolute atomic E-state index is 12.1. The molecule has 0 fully saturated rings. The Labute approximate surface area is 178 Å². The summed E-state index contributed by atoms with van der Waals surface area (Å²) in [6, 6.07) is 19.9. The van der Waals surface area contributed by atoms with Crippen molar-refractivity contribution >= 4 is 23.4 Å². The van der Waals surface area contributed by atoms with E-state index < -0.39 is 24.4 Å². The third-order valence-electron chi connectivity index (χ3n) is 4.59. The average molecular weight is 415 g/mol.